The summed E-state index contributed by atoms with van der Waals surface area (Å²) in [6.07, 6.45) is 0.791. The summed E-state index contributed by atoms with van der Waals surface area (Å²) < 4.78 is 16.8. The van der Waals surface area contributed by atoms with Crippen molar-refractivity contribution >= 4 is 45.9 Å². The maximum Gasteiger partial charge on any atom is 0.337 e. The Morgan fingerprint density at radius 3 is 2.61 bits per heavy atom. The predicted octanol–water partition coefficient (Wildman–Crippen LogP) is 1.83. The predicted molar refractivity (Wildman–Crippen MR) is 115 cm³/mol. The van der Waals surface area contributed by atoms with E-state index in [0.29, 0.717) is 36.0 Å². The highest BCUT2D eigenvalue weighted by Crippen LogP contribution is 2.46. The summed E-state index contributed by atoms with van der Waals surface area (Å²) in [5, 5.41) is 0.596. The van der Waals surface area contributed by atoms with Gasteiger partial charge in [-0.05, 0) is 30.7 Å². The number of aromatic nitrogens is 4. The van der Waals surface area contributed by atoms with Crippen molar-refractivity contribution in [2.45, 2.75) is 19.4 Å². The summed E-state index contributed by atoms with van der Waals surface area (Å²) >= 11 is 5.87. The number of hydrogen-bond donors (Lipinski definition) is 5. The summed E-state index contributed by atoms with van der Waals surface area (Å²) in [5.74, 6) is 1.14. The van der Waals surface area contributed by atoms with Crippen molar-refractivity contribution < 1.29 is 28.3 Å². The second-order valence-electron chi connectivity index (χ2n) is 6.11. The van der Waals surface area contributed by atoms with Crippen molar-refractivity contribution in [2.24, 2.45) is 0 Å². The first kappa shape index (κ1) is 23.8. The molecule has 0 saturated heterocycles. The minimum absolute atomic E-state index is 0.0398. The number of ether oxygens (including phenoxy) is 1. The summed E-state index contributed by atoms with van der Waals surface area (Å²) in [6.45, 7) is 0.646. The van der Waals surface area contributed by atoms with Gasteiger partial charge in [0.05, 0.1) is 13.2 Å². The number of nitrogens with zero attached hydrogens (tertiary/aromatic N) is 3. The first-order valence-electron chi connectivity index (χ1n) is 8.94. The summed E-state index contributed by atoms with van der Waals surface area (Å²) in [5.41, 5.74) is 5.67. The van der Waals surface area contributed by atoms with Crippen LogP contribution in [-0.2, 0) is 21.8 Å². The van der Waals surface area contributed by atoms with Gasteiger partial charge in [0.2, 0.25) is 5.95 Å². The summed E-state index contributed by atoms with van der Waals surface area (Å²) in [4.78, 5) is 50.1. The average molecular weight is 492 g/mol. The number of benzene rings is 1. The minimum Gasteiger partial charge on any atom is -0.492 e. The van der Waals surface area contributed by atoms with Crippen molar-refractivity contribution in [3.8, 4) is 5.75 Å². The molecular formula is C16H20ClN5O7P2. The third-order valence-corrected chi connectivity index (χ3v) is 5.80. The van der Waals surface area contributed by atoms with Crippen LogP contribution >= 0.6 is 28.8 Å². The van der Waals surface area contributed by atoms with Crippen molar-refractivity contribution in [3.63, 3.8) is 0 Å². The Morgan fingerprint density at radius 2 is 1.90 bits per heavy atom. The third-order valence-electron chi connectivity index (χ3n) is 4.00. The zero-order valence-electron chi connectivity index (χ0n) is 16.0. The molecular weight excluding hydrogens is 472 g/mol. The maximum atomic E-state index is 12.4. The summed E-state index contributed by atoms with van der Waals surface area (Å²) in [7, 11) is -5.09. The molecule has 2 heterocycles. The highest BCUT2D eigenvalue weighted by Gasteiger charge is 2.17. The fourth-order valence-corrected chi connectivity index (χ4v) is 3.88. The lowest BCUT2D eigenvalue weighted by Gasteiger charge is -2.12. The topological polar surface area (TPSA) is 178 Å². The standard InChI is InChI=1S/C16H20ClN5O7P2/c17-10-3-5-11(6-4-10)27-9-7-22-12(2-1-8-28-31(26)29-30(24)25)19-14-13(22)15(23)21-16(18)20-14/h3-6,24-26H,1-2,7-9H2,(H3,18,20,21,23). The molecule has 168 valence electrons. The van der Waals surface area contributed by atoms with Crippen LogP contribution < -0.4 is 16.0 Å². The van der Waals surface area contributed by atoms with E-state index < -0.39 is 22.8 Å². The number of aryl methyl sites for hydroxylation is 1. The lowest BCUT2D eigenvalue weighted by atomic mass is 10.3. The fourth-order valence-electron chi connectivity index (χ4n) is 2.78. The number of aromatic amines is 1. The Hall–Kier alpha value is -1.88. The zero-order chi connectivity index (χ0) is 22.4. The van der Waals surface area contributed by atoms with Gasteiger partial charge in [-0.3, -0.25) is 9.78 Å². The van der Waals surface area contributed by atoms with Gasteiger partial charge in [0.15, 0.2) is 11.2 Å². The van der Waals surface area contributed by atoms with Crippen LogP contribution in [0, 0.1) is 0 Å². The first-order chi connectivity index (χ1) is 14.8. The number of imidazole rings is 1. The fraction of sp³-hybridized carbons (Fsp3) is 0.312. The molecule has 1 atom stereocenters. The lowest BCUT2D eigenvalue weighted by molar-refractivity contribution is 0.244. The number of nitrogens with two attached hydrogens (primary N) is 1. The van der Waals surface area contributed by atoms with E-state index in [4.69, 9.17) is 36.4 Å². The zero-order valence-corrected chi connectivity index (χ0v) is 18.6. The number of halogens is 1. The monoisotopic (exact) mass is 491 g/mol. The van der Waals surface area contributed by atoms with E-state index in [0.717, 1.165) is 0 Å². The van der Waals surface area contributed by atoms with Gasteiger partial charge >= 0.3 is 17.2 Å². The van der Waals surface area contributed by atoms with Gasteiger partial charge in [0.1, 0.15) is 18.2 Å². The number of hydrogen-bond acceptors (Lipinski definition) is 10. The quantitative estimate of drug-likeness (QED) is 0.196. The van der Waals surface area contributed by atoms with E-state index in [2.05, 4.69) is 19.3 Å². The van der Waals surface area contributed by atoms with Gasteiger partial charge in [0, 0.05) is 11.4 Å². The molecule has 6 N–H and O–H groups in total. The average Bonchev–Trinajstić information content (AvgIpc) is 3.03. The van der Waals surface area contributed by atoms with Crippen LogP contribution in [0.4, 0.5) is 5.95 Å². The maximum absolute atomic E-state index is 12.4. The molecule has 12 nitrogen and oxygen atoms in total. The highest BCUT2D eigenvalue weighted by atomic mass is 35.5. The Morgan fingerprint density at radius 1 is 1.16 bits per heavy atom. The van der Waals surface area contributed by atoms with Gasteiger partial charge in [-0.2, -0.15) is 4.98 Å². The molecule has 1 aromatic carbocycles. The van der Waals surface area contributed by atoms with E-state index in [-0.39, 0.29) is 30.3 Å². The first-order valence-corrected chi connectivity index (χ1v) is 11.6. The van der Waals surface area contributed by atoms with Gasteiger partial charge in [-0.15, -0.1) is 0 Å². The Bertz CT molecular complexity index is 1060. The molecule has 0 aliphatic rings. The van der Waals surface area contributed by atoms with E-state index in [9.17, 15) is 9.69 Å². The molecule has 3 aromatic rings. The van der Waals surface area contributed by atoms with Crippen LogP contribution in [0.5, 0.6) is 5.75 Å². The van der Waals surface area contributed by atoms with Crippen molar-refractivity contribution in [1.82, 2.24) is 19.5 Å². The molecule has 0 saturated carbocycles. The number of H-pyrrole nitrogens is 1. The smallest absolute Gasteiger partial charge is 0.337 e. The largest absolute Gasteiger partial charge is 0.492 e. The highest BCUT2D eigenvalue weighted by molar-refractivity contribution is 7.54. The van der Waals surface area contributed by atoms with E-state index in [1.807, 2.05) is 0 Å². The second-order valence-corrected chi connectivity index (χ2v) is 8.44. The van der Waals surface area contributed by atoms with E-state index >= 15 is 0 Å². The molecule has 1 unspecified atom stereocenters. The summed E-state index contributed by atoms with van der Waals surface area (Å²) in [6, 6.07) is 6.90. The second kappa shape index (κ2) is 11.1. The molecule has 0 fully saturated rings. The lowest BCUT2D eigenvalue weighted by Crippen LogP contribution is -2.18. The molecule has 0 aliphatic heterocycles. The molecule has 0 amide bonds. The van der Waals surface area contributed by atoms with Gasteiger partial charge in [0.25, 0.3) is 5.56 Å². The van der Waals surface area contributed by atoms with Crippen molar-refractivity contribution in [2.75, 3.05) is 18.9 Å². The number of rotatable bonds is 11. The van der Waals surface area contributed by atoms with Crippen molar-refractivity contribution in [1.29, 1.82) is 0 Å². The molecule has 0 radical (unpaired) electrons. The molecule has 31 heavy (non-hydrogen) atoms. The molecule has 0 aliphatic carbocycles. The van der Waals surface area contributed by atoms with E-state index in [1.165, 1.54) is 0 Å². The molecule has 2 aromatic heterocycles. The van der Waals surface area contributed by atoms with Gasteiger partial charge < -0.3 is 34.2 Å². The number of nitrogens with one attached hydrogen (secondary N) is 1. The van der Waals surface area contributed by atoms with Crippen LogP contribution in [-0.4, -0.2) is 47.4 Å². The molecule has 0 spiro atoms. The van der Waals surface area contributed by atoms with Crippen molar-refractivity contribution in [3.05, 3.63) is 45.5 Å². The number of nitrogen functional groups attached to an aromatic ring is 1. The minimum atomic E-state index is -2.70. The normalized spacial score (nSPS) is 12.5. The van der Waals surface area contributed by atoms with Gasteiger partial charge in [-0.25, -0.2) is 9.29 Å². The molecule has 0 bridgehead atoms. The number of fused-ring (bicyclic) bond motifs is 1. The van der Waals surface area contributed by atoms with Crippen LogP contribution in [0.3, 0.4) is 0 Å². The molecule has 3 rings (SSSR count). The Balaban J connectivity index is 1.69. The Kier molecular flexibility index (Phi) is 8.53. The van der Waals surface area contributed by atoms with Crippen LogP contribution in [0.1, 0.15) is 12.2 Å². The van der Waals surface area contributed by atoms with E-state index in [1.54, 1.807) is 28.8 Å². The Labute approximate surface area is 183 Å². The molecule has 15 heteroatoms. The van der Waals surface area contributed by atoms with Crippen LogP contribution in [0.25, 0.3) is 11.2 Å². The van der Waals surface area contributed by atoms with Crippen LogP contribution in [0.15, 0.2) is 29.1 Å². The number of anilines is 1. The third kappa shape index (κ3) is 6.80. The van der Waals surface area contributed by atoms with Gasteiger partial charge in [-0.1, -0.05) is 11.6 Å². The SMILES string of the molecule is Nc1nc2nc(CCCOP(O)OP(O)O)n(CCOc3ccc(Cl)cc3)c2c(=O)[nH]1. The van der Waals surface area contributed by atoms with Crippen LogP contribution in [0.2, 0.25) is 5.02 Å².